The first-order chi connectivity index (χ1) is 28.5. The zero-order valence-corrected chi connectivity index (χ0v) is 32.5. The number of benzene rings is 9. The number of anilines is 6. The summed E-state index contributed by atoms with van der Waals surface area (Å²) < 4.78 is 0. The molecule has 0 fully saturated rings. The highest BCUT2D eigenvalue weighted by Crippen LogP contribution is 2.65. The van der Waals surface area contributed by atoms with Gasteiger partial charge in [0.2, 0.25) is 0 Å². The lowest BCUT2D eigenvalue weighted by Gasteiger charge is -2.44. The third-order valence-electron chi connectivity index (χ3n) is 13.2. The zero-order valence-electron chi connectivity index (χ0n) is 32.5. The lowest BCUT2D eigenvalue weighted by Crippen LogP contribution is -2.36. The number of nitrogens with zero attached hydrogens (tertiary/aromatic N) is 2. The van der Waals surface area contributed by atoms with E-state index in [0.717, 1.165) is 22.7 Å². The van der Waals surface area contributed by atoms with E-state index in [9.17, 15) is 0 Å². The van der Waals surface area contributed by atoms with Gasteiger partial charge in [-0.05, 0) is 110 Å². The first-order valence-electron chi connectivity index (χ1n) is 20.4. The van der Waals surface area contributed by atoms with E-state index in [1.165, 1.54) is 77.8 Å². The Bertz CT molecular complexity index is 3100. The van der Waals surface area contributed by atoms with E-state index in [-0.39, 0.29) is 5.41 Å². The molecule has 0 spiro atoms. The molecule has 1 heterocycles. The predicted molar refractivity (Wildman–Crippen MR) is 242 cm³/mol. The lowest BCUT2D eigenvalue weighted by atomic mass is 9.65. The van der Waals surface area contributed by atoms with Crippen LogP contribution in [0.1, 0.15) is 47.2 Å². The van der Waals surface area contributed by atoms with Gasteiger partial charge in [0.25, 0.3) is 0 Å². The standard InChI is InChI=1S/C56H40N2/c1-55(2)47-26-12-11-24-43(47)44-33-31-40(35-49(44)55)57(51-29-15-18-37-17-9-10-23-42(37)51)41-32-34-45-46-25-16-30-53-54(46)56(50(45)36-41,38-19-5-3-6-20-38)48-27-13-14-28-52(48)58(53)39-21-7-4-8-22-39/h3-36H,1-2H3. The van der Waals surface area contributed by atoms with Crippen molar-refractivity contribution in [3.8, 4) is 22.3 Å². The van der Waals surface area contributed by atoms with Crippen LogP contribution in [0.15, 0.2) is 206 Å². The minimum atomic E-state index is -0.549. The van der Waals surface area contributed by atoms with Crippen LogP contribution in [0.3, 0.4) is 0 Å². The SMILES string of the molecule is CC1(C)c2ccccc2-c2ccc(N(c3ccc4c(c3)C3(c5ccccc5)c5ccccc5N(c5ccccc5)c5cccc-4c53)c3cccc4ccccc34)cc21. The fraction of sp³-hybridized carbons (Fsp3) is 0.0714. The van der Waals surface area contributed by atoms with Gasteiger partial charge < -0.3 is 9.80 Å². The van der Waals surface area contributed by atoms with Crippen molar-refractivity contribution in [1.29, 1.82) is 0 Å². The average molecular weight is 741 g/mol. The maximum absolute atomic E-state index is 2.51. The summed E-state index contributed by atoms with van der Waals surface area (Å²) in [6, 6.07) is 76.8. The van der Waals surface area contributed by atoms with Crippen molar-refractivity contribution >= 4 is 44.9 Å². The average Bonchev–Trinajstić information content (AvgIpc) is 3.71. The molecule has 0 amide bonds. The summed E-state index contributed by atoms with van der Waals surface area (Å²) in [5.74, 6) is 0. The molecule has 274 valence electrons. The Balaban J connectivity index is 1.15. The summed E-state index contributed by atoms with van der Waals surface area (Å²) in [6.07, 6.45) is 0. The van der Waals surface area contributed by atoms with Crippen LogP contribution < -0.4 is 9.80 Å². The van der Waals surface area contributed by atoms with Gasteiger partial charge in [-0.2, -0.15) is 0 Å². The van der Waals surface area contributed by atoms with Crippen LogP contribution in [0.5, 0.6) is 0 Å². The summed E-state index contributed by atoms with van der Waals surface area (Å²) >= 11 is 0. The predicted octanol–water partition coefficient (Wildman–Crippen LogP) is 14.8. The topological polar surface area (TPSA) is 6.48 Å². The van der Waals surface area contributed by atoms with Gasteiger partial charge in [-0.15, -0.1) is 0 Å². The molecule has 0 saturated carbocycles. The largest absolute Gasteiger partial charge is 0.310 e. The van der Waals surface area contributed by atoms with E-state index in [1.807, 2.05) is 0 Å². The molecule has 0 bridgehead atoms. The maximum atomic E-state index is 2.51. The van der Waals surface area contributed by atoms with E-state index >= 15 is 0 Å². The van der Waals surface area contributed by atoms with Gasteiger partial charge in [0.05, 0.1) is 22.5 Å². The summed E-state index contributed by atoms with van der Waals surface area (Å²) in [5, 5.41) is 2.44. The van der Waals surface area contributed by atoms with Crippen LogP contribution in [0.25, 0.3) is 33.0 Å². The van der Waals surface area contributed by atoms with Crippen molar-refractivity contribution in [2.24, 2.45) is 0 Å². The normalized spacial score (nSPS) is 16.3. The van der Waals surface area contributed by atoms with Crippen molar-refractivity contribution in [2.45, 2.75) is 24.7 Å². The lowest BCUT2D eigenvalue weighted by molar-refractivity contribution is 0.660. The zero-order chi connectivity index (χ0) is 38.6. The Kier molecular flexibility index (Phi) is 6.93. The minimum absolute atomic E-state index is 0.129. The molecule has 12 rings (SSSR count). The van der Waals surface area contributed by atoms with Gasteiger partial charge in [-0.1, -0.05) is 166 Å². The van der Waals surface area contributed by atoms with Gasteiger partial charge in [-0.3, -0.25) is 0 Å². The summed E-state index contributed by atoms with van der Waals surface area (Å²) in [5.41, 5.74) is 19.5. The monoisotopic (exact) mass is 740 g/mol. The summed E-state index contributed by atoms with van der Waals surface area (Å²) in [6.45, 7) is 4.74. The first-order valence-corrected chi connectivity index (χ1v) is 20.4. The van der Waals surface area contributed by atoms with Crippen molar-refractivity contribution < 1.29 is 0 Å². The van der Waals surface area contributed by atoms with Crippen LogP contribution in [0.4, 0.5) is 34.1 Å². The highest BCUT2D eigenvalue weighted by atomic mass is 15.2. The third-order valence-corrected chi connectivity index (χ3v) is 13.2. The molecule has 0 radical (unpaired) electrons. The number of hydrogen-bond donors (Lipinski definition) is 0. The smallest absolute Gasteiger partial charge is 0.0755 e. The second-order valence-corrected chi connectivity index (χ2v) is 16.5. The molecule has 2 aliphatic carbocycles. The number of para-hydroxylation sites is 2. The van der Waals surface area contributed by atoms with Crippen molar-refractivity contribution in [3.63, 3.8) is 0 Å². The Labute approximate surface area is 339 Å². The van der Waals surface area contributed by atoms with Crippen molar-refractivity contribution in [1.82, 2.24) is 0 Å². The first kappa shape index (κ1) is 33.0. The Morgan fingerprint density at radius 2 is 0.983 bits per heavy atom. The van der Waals surface area contributed by atoms with E-state index in [2.05, 4.69) is 230 Å². The van der Waals surface area contributed by atoms with E-state index in [0.29, 0.717) is 0 Å². The van der Waals surface area contributed by atoms with Crippen molar-refractivity contribution in [3.05, 3.63) is 240 Å². The fourth-order valence-corrected chi connectivity index (χ4v) is 10.8. The highest BCUT2D eigenvalue weighted by molar-refractivity contribution is 6.02. The van der Waals surface area contributed by atoms with Crippen LogP contribution in [0.2, 0.25) is 0 Å². The van der Waals surface area contributed by atoms with Gasteiger partial charge in [-0.25, -0.2) is 0 Å². The Morgan fingerprint density at radius 3 is 1.79 bits per heavy atom. The Morgan fingerprint density at radius 1 is 0.414 bits per heavy atom. The molecule has 0 aromatic heterocycles. The van der Waals surface area contributed by atoms with Crippen molar-refractivity contribution in [2.75, 3.05) is 9.80 Å². The maximum Gasteiger partial charge on any atom is 0.0755 e. The molecule has 58 heavy (non-hydrogen) atoms. The van der Waals surface area contributed by atoms with Gasteiger partial charge >= 0.3 is 0 Å². The van der Waals surface area contributed by atoms with Gasteiger partial charge in [0.1, 0.15) is 0 Å². The quantitative estimate of drug-likeness (QED) is 0.173. The van der Waals surface area contributed by atoms with Crippen LogP contribution in [0, 0.1) is 0 Å². The molecule has 2 nitrogen and oxygen atoms in total. The molecule has 9 aromatic rings. The number of hydrogen-bond acceptors (Lipinski definition) is 2. The number of rotatable bonds is 5. The molecule has 1 aliphatic heterocycles. The Hall–Kier alpha value is -7.16. The minimum Gasteiger partial charge on any atom is -0.310 e. The third kappa shape index (κ3) is 4.38. The number of fused-ring (bicyclic) bond motifs is 9. The molecule has 0 N–H and O–H groups in total. The molecule has 9 aromatic carbocycles. The van der Waals surface area contributed by atoms with E-state index < -0.39 is 5.41 Å². The fourth-order valence-electron chi connectivity index (χ4n) is 10.8. The molecule has 1 unspecified atom stereocenters. The molecular weight excluding hydrogens is 701 g/mol. The molecule has 1 atom stereocenters. The molecular formula is C56H40N2. The van der Waals surface area contributed by atoms with Crippen LogP contribution in [-0.4, -0.2) is 0 Å². The van der Waals surface area contributed by atoms with Crippen LogP contribution >= 0.6 is 0 Å². The second-order valence-electron chi connectivity index (χ2n) is 16.5. The second kappa shape index (κ2) is 12.2. The van der Waals surface area contributed by atoms with Gasteiger partial charge in [0, 0.05) is 33.4 Å². The van der Waals surface area contributed by atoms with Crippen LogP contribution in [-0.2, 0) is 10.8 Å². The summed E-state index contributed by atoms with van der Waals surface area (Å²) in [7, 11) is 0. The highest BCUT2D eigenvalue weighted by Gasteiger charge is 2.52. The molecule has 0 saturated heterocycles. The van der Waals surface area contributed by atoms with Gasteiger partial charge in [0.15, 0.2) is 0 Å². The summed E-state index contributed by atoms with van der Waals surface area (Å²) in [4.78, 5) is 4.98. The van der Waals surface area contributed by atoms with E-state index in [4.69, 9.17) is 0 Å². The molecule has 2 heteroatoms. The molecule has 3 aliphatic rings. The van der Waals surface area contributed by atoms with E-state index in [1.54, 1.807) is 0 Å².